The van der Waals surface area contributed by atoms with E-state index in [4.69, 9.17) is 9.63 Å². The molecule has 142 valence electrons. The number of hydrogen-bond donors (Lipinski definition) is 1. The van der Waals surface area contributed by atoms with Crippen LogP contribution in [0.25, 0.3) is 28.5 Å². The lowest BCUT2D eigenvalue weighted by atomic mass is 10.1. The Bertz CT molecular complexity index is 1090. The van der Waals surface area contributed by atoms with Crippen LogP contribution in [-0.2, 0) is 12.8 Å². The van der Waals surface area contributed by atoms with Gasteiger partial charge in [-0.25, -0.2) is 4.68 Å². The zero-order valence-corrected chi connectivity index (χ0v) is 14.3. The van der Waals surface area contributed by atoms with Gasteiger partial charge in [-0.15, -0.1) is 0 Å². The highest BCUT2D eigenvalue weighted by Crippen LogP contribution is 2.38. The van der Waals surface area contributed by atoms with Gasteiger partial charge >= 0.3 is 6.18 Å². The summed E-state index contributed by atoms with van der Waals surface area (Å²) in [5.74, 6) is -0.143. The first-order chi connectivity index (χ1) is 13.5. The van der Waals surface area contributed by atoms with Crippen molar-refractivity contribution in [2.75, 3.05) is 0 Å². The van der Waals surface area contributed by atoms with E-state index in [0.29, 0.717) is 11.1 Å². The molecule has 0 unspecified atom stereocenters. The minimum absolute atomic E-state index is 0.120. The minimum atomic E-state index is -4.68. The van der Waals surface area contributed by atoms with Gasteiger partial charge in [-0.1, -0.05) is 47.6 Å². The Morgan fingerprint density at radius 2 is 1.71 bits per heavy atom. The monoisotopic (exact) mass is 386 g/mol. The van der Waals surface area contributed by atoms with E-state index in [0.717, 1.165) is 10.9 Å². The van der Waals surface area contributed by atoms with Crippen LogP contribution in [0.15, 0.2) is 65.3 Å². The van der Waals surface area contributed by atoms with Crippen molar-refractivity contribution in [1.29, 1.82) is 0 Å². The molecular weight excluding hydrogens is 373 g/mol. The van der Waals surface area contributed by atoms with Crippen LogP contribution in [-0.4, -0.2) is 25.0 Å². The van der Waals surface area contributed by atoms with Crippen molar-refractivity contribution >= 4 is 0 Å². The molecule has 0 saturated carbocycles. The van der Waals surface area contributed by atoms with Crippen LogP contribution in [0, 0.1) is 0 Å². The molecule has 4 rings (SSSR count). The molecule has 0 fully saturated rings. The van der Waals surface area contributed by atoms with Crippen LogP contribution in [0.1, 0.15) is 11.3 Å². The van der Waals surface area contributed by atoms with Gasteiger partial charge < -0.3 is 9.63 Å². The van der Waals surface area contributed by atoms with Gasteiger partial charge in [0, 0.05) is 5.56 Å². The van der Waals surface area contributed by atoms with Crippen molar-refractivity contribution in [3.8, 4) is 28.5 Å². The number of halogens is 3. The Hall–Kier alpha value is -3.46. The molecule has 0 amide bonds. The summed E-state index contributed by atoms with van der Waals surface area (Å²) in [4.78, 5) is 4.09. The number of benzene rings is 2. The number of aliphatic hydroxyl groups excluding tert-OH is 1. The van der Waals surface area contributed by atoms with Gasteiger partial charge in [0.1, 0.15) is 0 Å². The molecule has 0 radical (unpaired) electrons. The van der Waals surface area contributed by atoms with Crippen molar-refractivity contribution in [3.05, 3.63) is 72.1 Å². The predicted molar refractivity (Wildman–Crippen MR) is 93.2 cm³/mol. The normalized spacial score (nSPS) is 11.7. The molecule has 6 nitrogen and oxygen atoms in total. The van der Waals surface area contributed by atoms with Gasteiger partial charge in [0.25, 0.3) is 5.89 Å². The summed E-state index contributed by atoms with van der Waals surface area (Å²) in [7, 11) is 0. The minimum Gasteiger partial charge on any atom is -0.392 e. The highest BCUT2D eigenvalue weighted by atomic mass is 19.4. The Labute approximate surface area is 156 Å². The fourth-order valence-electron chi connectivity index (χ4n) is 2.75. The highest BCUT2D eigenvalue weighted by molar-refractivity contribution is 5.62. The third-order valence-electron chi connectivity index (χ3n) is 4.09. The quantitative estimate of drug-likeness (QED) is 0.571. The van der Waals surface area contributed by atoms with E-state index in [1.54, 1.807) is 42.5 Å². The van der Waals surface area contributed by atoms with Crippen LogP contribution in [0.2, 0.25) is 0 Å². The molecule has 2 aromatic heterocycles. The van der Waals surface area contributed by atoms with Gasteiger partial charge in [0.2, 0.25) is 5.82 Å². The summed E-state index contributed by atoms with van der Waals surface area (Å²) in [6, 6.07) is 14.6. The standard InChI is InChI=1S/C19H13F3N4O2/c20-19(21,22)16-15(10-23-26(16)14-4-2-1-3-5-14)18-24-17(25-28-18)13-8-6-12(11-27)7-9-13/h1-10,27H,11H2. The Morgan fingerprint density at radius 1 is 1.00 bits per heavy atom. The maximum atomic E-state index is 13.8. The molecule has 0 bridgehead atoms. The van der Waals surface area contributed by atoms with Crippen LogP contribution >= 0.6 is 0 Å². The van der Waals surface area contributed by atoms with E-state index >= 15 is 0 Å². The lowest BCUT2D eigenvalue weighted by molar-refractivity contribution is -0.142. The molecule has 28 heavy (non-hydrogen) atoms. The summed E-state index contributed by atoms with van der Waals surface area (Å²) < 4.78 is 47.1. The largest absolute Gasteiger partial charge is 0.434 e. The summed E-state index contributed by atoms with van der Waals surface area (Å²) in [6.07, 6.45) is -3.62. The van der Waals surface area contributed by atoms with Crippen molar-refractivity contribution in [2.24, 2.45) is 0 Å². The number of hydrogen-bond acceptors (Lipinski definition) is 5. The number of rotatable bonds is 4. The summed E-state index contributed by atoms with van der Waals surface area (Å²) in [6.45, 7) is -0.120. The molecule has 1 N–H and O–H groups in total. The smallest absolute Gasteiger partial charge is 0.392 e. The molecule has 0 aliphatic heterocycles. The Kier molecular flexibility index (Phi) is 4.44. The number of para-hydroxylation sites is 1. The van der Waals surface area contributed by atoms with Crippen LogP contribution in [0.4, 0.5) is 13.2 Å². The first kappa shape index (κ1) is 17.9. The Morgan fingerprint density at radius 3 is 2.36 bits per heavy atom. The molecule has 4 aromatic rings. The van der Waals surface area contributed by atoms with Crippen LogP contribution < -0.4 is 0 Å². The average Bonchev–Trinajstić information content (AvgIpc) is 3.35. The number of nitrogens with zero attached hydrogens (tertiary/aromatic N) is 4. The van der Waals surface area contributed by atoms with Gasteiger partial charge in [0.05, 0.1) is 24.1 Å². The SMILES string of the molecule is OCc1ccc(-c2noc(-c3cnn(-c4ccccc4)c3C(F)(F)F)n2)cc1. The fraction of sp³-hybridized carbons (Fsp3) is 0.105. The van der Waals surface area contributed by atoms with Crippen molar-refractivity contribution in [2.45, 2.75) is 12.8 Å². The first-order valence-electron chi connectivity index (χ1n) is 8.22. The van der Waals surface area contributed by atoms with Crippen LogP contribution in [0.5, 0.6) is 0 Å². The number of aliphatic hydroxyl groups is 1. The topological polar surface area (TPSA) is 77.0 Å². The highest BCUT2D eigenvalue weighted by Gasteiger charge is 2.40. The molecule has 0 aliphatic carbocycles. The van der Waals surface area contributed by atoms with Gasteiger partial charge in [-0.05, 0) is 17.7 Å². The number of aromatic nitrogens is 4. The Balaban J connectivity index is 1.78. The molecule has 2 aromatic carbocycles. The van der Waals surface area contributed by atoms with Gasteiger partial charge in [-0.3, -0.25) is 0 Å². The maximum Gasteiger partial charge on any atom is 0.434 e. The van der Waals surface area contributed by atoms with Crippen molar-refractivity contribution in [1.82, 2.24) is 19.9 Å². The van der Waals surface area contributed by atoms with Crippen molar-refractivity contribution < 1.29 is 22.8 Å². The molecular formula is C19H13F3N4O2. The molecule has 0 spiro atoms. The molecule has 0 aliphatic rings. The fourth-order valence-corrected chi connectivity index (χ4v) is 2.75. The molecule has 0 atom stereocenters. The predicted octanol–water partition coefficient (Wildman–Crippen LogP) is 4.10. The number of alkyl halides is 3. The third-order valence-corrected chi connectivity index (χ3v) is 4.09. The summed E-state index contributed by atoms with van der Waals surface area (Å²) in [5, 5.41) is 16.7. The summed E-state index contributed by atoms with van der Waals surface area (Å²) >= 11 is 0. The van der Waals surface area contributed by atoms with E-state index in [2.05, 4.69) is 15.2 Å². The third kappa shape index (κ3) is 3.27. The second-order valence-electron chi connectivity index (χ2n) is 5.93. The second-order valence-corrected chi connectivity index (χ2v) is 5.93. The second kappa shape index (κ2) is 6.93. The lowest BCUT2D eigenvalue weighted by Crippen LogP contribution is -2.14. The molecule has 9 heteroatoms. The van der Waals surface area contributed by atoms with Gasteiger partial charge in [0.15, 0.2) is 5.69 Å². The lowest BCUT2D eigenvalue weighted by Gasteiger charge is -2.11. The van der Waals surface area contributed by atoms with Crippen LogP contribution in [0.3, 0.4) is 0 Å². The van der Waals surface area contributed by atoms with Crippen molar-refractivity contribution in [3.63, 3.8) is 0 Å². The zero-order valence-electron chi connectivity index (χ0n) is 14.3. The van der Waals surface area contributed by atoms with E-state index in [9.17, 15) is 13.2 Å². The van der Waals surface area contributed by atoms with E-state index in [1.165, 1.54) is 12.1 Å². The van der Waals surface area contributed by atoms with E-state index in [-0.39, 0.29) is 29.6 Å². The first-order valence-corrected chi connectivity index (χ1v) is 8.22. The molecule has 2 heterocycles. The van der Waals surface area contributed by atoms with E-state index < -0.39 is 11.9 Å². The summed E-state index contributed by atoms with van der Waals surface area (Å²) in [5.41, 5.74) is 0.208. The zero-order chi connectivity index (χ0) is 19.7. The maximum absolute atomic E-state index is 13.8. The average molecular weight is 386 g/mol. The molecule has 0 saturated heterocycles. The van der Waals surface area contributed by atoms with Gasteiger partial charge in [-0.2, -0.15) is 23.3 Å². The van der Waals surface area contributed by atoms with E-state index in [1.807, 2.05) is 0 Å².